The summed E-state index contributed by atoms with van der Waals surface area (Å²) in [5.41, 5.74) is 2.75. The summed E-state index contributed by atoms with van der Waals surface area (Å²) in [5.74, 6) is 0.893. The van der Waals surface area contributed by atoms with E-state index in [-0.39, 0.29) is 0 Å². The number of aryl methyl sites for hydroxylation is 1. The van der Waals surface area contributed by atoms with Crippen molar-refractivity contribution in [2.75, 3.05) is 13.1 Å². The second kappa shape index (κ2) is 8.10. The number of likely N-dealkylation sites (tertiary alicyclic amines) is 1. The van der Waals surface area contributed by atoms with Crippen LogP contribution in [0, 0.1) is 12.8 Å². The lowest BCUT2D eigenvalue weighted by Crippen LogP contribution is -2.35. The Kier molecular flexibility index (Phi) is 5.88. The fourth-order valence-corrected chi connectivity index (χ4v) is 4.31. The average Bonchev–Trinajstić information content (AvgIpc) is 2.61. The Morgan fingerprint density at radius 2 is 1.70 bits per heavy atom. The van der Waals surface area contributed by atoms with E-state index in [4.69, 9.17) is 0 Å². The normalized spacial score (nSPS) is 23.8. The maximum absolute atomic E-state index is 12.5. The van der Waals surface area contributed by atoms with E-state index in [2.05, 4.69) is 36.1 Å². The van der Waals surface area contributed by atoms with Gasteiger partial charge in [0.1, 0.15) is 5.78 Å². The van der Waals surface area contributed by atoms with Crippen LogP contribution in [-0.4, -0.2) is 23.8 Å². The molecule has 2 fully saturated rings. The highest BCUT2D eigenvalue weighted by Crippen LogP contribution is 2.32. The van der Waals surface area contributed by atoms with Crippen LogP contribution in [0.5, 0.6) is 0 Å². The first kappa shape index (κ1) is 16.7. The number of rotatable bonds is 5. The van der Waals surface area contributed by atoms with Crippen LogP contribution in [-0.2, 0) is 4.79 Å². The first-order valence-corrected chi connectivity index (χ1v) is 9.57. The Labute approximate surface area is 141 Å². The number of carbonyl (C=O) groups is 1. The number of hydrogen-bond donors (Lipinski definition) is 0. The van der Waals surface area contributed by atoms with Crippen molar-refractivity contribution < 1.29 is 4.79 Å². The van der Waals surface area contributed by atoms with Gasteiger partial charge < -0.3 is 0 Å². The van der Waals surface area contributed by atoms with Crippen LogP contribution in [0.4, 0.5) is 0 Å². The zero-order valence-electron chi connectivity index (χ0n) is 14.6. The molecule has 1 saturated carbocycles. The van der Waals surface area contributed by atoms with Gasteiger partial charge >= 0.3 is 0 Å². The van der Waals surface area contributed by atoms with E-state index in [1.165, 1.54) is 49.7 Å². The summed E-state index contributed by atoms with van der Waals surface area (Å²) in [6.45, 7) is 4.25. The van der Waals surface area contributed by atoms with Crippen molar-refractivity contribution in [3.63, 3.8) is 0 Å². The molecule has 0 bridgehead atoms. The van der Waals surface area contributed by atoms with Crippen molar-refractivity contribution in [2.24, 2.45) is 5.92 Å². The quantitative estimate of drug-likeness (QED) is 0.757. The van der Waals surface area contributed by atoms with Gasteiger partial charge in [-0.15, -0.1) is 0 Å². The van der Waals surface area contributed by atoms with Crippen LogP contribution in [0.3, 0.4) is 0 Å². The van der Waals surface area contributed by atoms with Gasteiger partial charge in [-0.3, -0.25) is 9.69 Å². The van der Waals surface area contributed by atoms with E-state index in [1.54, 1.807) is 0 Å². The minimum absolute atomic E-state index is 0.367. The van der Waals surface area contributed by atoms with Gasteiger partial charge in [0.05, 0.1) is 0 Å². The first-order chi connectivity index (χ1) is 11.2. The molecule has 2 heteroatoms. The van der Waals surface area contributed by atoms with Gasteiger partial charge in [0, 0.05) is 24.9 Å². The maximum atomic E-state index is 12.5. The van der Waals surface area contributed by atoms with Crippen molar-refractivity contribution in [2.45, 2.75) is 70.8 Å². The van der Waals surface area contributed by atoms with Crippen LogP contribution in [0.25, 0.3) is 0 Å². The second-order valence-corrected chi connectivity index (χ2v) is 7.51. The molecule has 23 heavy (non-hydrogen) atoms. The molecular weight excluding hydrogens is 282 g/mol. The summed E-state index contributed by atoms with van der Waals surface area (Å²) in [6, 6.07) is 9.51. The topological polar surface area (TPSA) is 20.3 Å². The minimum Gasteiger partial charge on any atom is -0.299 e. The third-order valence-corrected chi connectivity index (χ3v) is 5.78. The monoisotopic (exact) mass is 313 g/mol. The van der Waals surface area contributed by atoms with Gasteiger partial charge in [0.2, 0.25) is 0 Å². The summed E-state index contributed by atoms with van der Waals surface area (Å²) in [7, 11) is 0. The highest BCUT2D eigenvalue weighted by Gasteiger charge is 2.26. The standard InChI is InChI=1S/C21H31NO/c1-17-10-12-18(13-11-17)20-9-5-6-15-22(20)16-14-21(23)19-7-3-2-4-8-19/h10-13,19-20H,2-9,14-16H2,1H3. The molecular formula is C21H31NO. The molecule has 2 nitrogen and oxygen atoms in total. The third kappa shape index (κ3) is 4.44. The largest absolute Gasteiger partial charge is 0.299 e. The third-order valence-electron chi connectivity index (χ3n) is 5.78. The molecule has 1 aromatic carbocycles. The van der Waals surface area contributed by atoms with Gasteiger partial charge in [-0.25, -0.2) is 0 Å². The molecule has 1 unspecified atom stereocenters. The molecule has 1 aromatic rings. The summed E-state index contributed by atoms with van der Waals surface area (Å²) in [4.78, 5) is 15.1. The smallest absolute Gasteiger partial charge is 0.137 e. The molecule has 2 aliphatic rings. The van der Waals surface area contributed by atoms with Crippen LogP contribution in [0.2, 0.25) is 0 Å². The van der Waals surface area contributed by atoms with Gasteiger partial charge in [-0.05, 0) is 44.7 Å². The van der Waals surface area contributed by atoms with Crippen LogP contribution < -0.4 is 0 Å². The Balaban J connectivity index is 1.58. The highest BCUT2D eigenvalue weighted by molar-refractivity contribution is 5.81. The summed E-state index contributed by atoms with van der Waals surface area (Å²) < 4.78 is 0. The minimum atomic E-state index is 0.367. The molecule has 1 saturated heterocycles. The molecule has 1 aliphatic carbocycles. The fraction of sp³-hybridized carbons (Fsp3) is 0.667. The van der Waals surface area contributed by atoms with Gasteiger partial charge in [0.25, 0.3) is 0 Å². The van der Waals surface area contributed by atoms with Crippen LogP contribution >= 0.6 is 0 Å². The molecule has 126 valence electrons. The van der Waals surface area contributed by atoms with Crippen LogP contribution in [0.15, 0.2) is 24.3 Å². The van der Waals surface area contributed by atoms with Crippen molar-refractivity contribution in [1.29, 1.82) is 0 Å². The van der Waals surface area contributed by atoms with E-state index in [9.17, 15) is 4.79 Å². The highest BCUT2D eigenvalue weighted by atomic mass is 16.1. The molecule has 0 N–H and O–H groups in total. The predicted octanol–water partition coefficient (Wildman–Crippen LogP) is 5.06. The zero-order chi connectivity index (χ0) is 16.1. The van der Waals surface area contributed by atoms with Crippen molar-refractivity contribution in [3.05, 3.63) is 35.4 Å². The lowest BCUT2D eigenvalue weighted by Gasteiger charge is -2.36. The van der Waals surface area contributed by atoms with E-state index in [0.717, 1.165) is 32.4 Å². The van der Waals surface area contributed by atoms with E-state index in [1.807, 2.05) is 0 Å². The Hall–Kier alpha value is -1.15. The van der Waals surface area contributed by atoms with Gasteiger partial charge in [-0.2, -0.15) is 0 Å². The Bertz CT molecular complexity index is 501. The van der Waals surface area contributed by atoms with Gasteiger partial charge in [0.15, 0.2) is 0 Å². The molecule has 1 heterocycles. The second-order valence-electron chi connectivity index (χ2n) is 7.51. The van der Waals surface area contributed by atoms with Crippen molar-refractivity contribution >= 4 is 5.78 Å². The van der Waals surface area contributed by atoms with Crippen LogP contribution in [0.1, 0.15) is 75.0 Å². The zero-order valence-corrected chi connectivity index (χ0v) is 14.6. The molecule has 1 aliphatic heterocycles. The van der Waals surface area contributed by atoms with Crippen molar-refractivity contribution in [3.8, 4) is 0 Å². The molecule has 0 spiro atoms. The van der Waals surface area contributed by atoms with E-state index >= 15 is 0 Å². The average molecular weight is 313 g/mol. The number of piperidine rings is 1. The molecule has 3 rings (SSSR count). The molecule has 0 aromatic heterocycles. The summed E-state index contributed by atoms with van der Waals surface area (Å²) in [6.07, 6.45) is 10.7. The predicted molar refractivity (Wildman–Crippen MR) is 95.5 cm³/mol. The molecule has 1 atom stereocenters. The Morgan fingerprint density at radius 3 is 2.43 bits per heavy atom. The summed E-state index contributed by atoms with van der Waals surface area (Å²) in [5, 5.41) is 0. The number of benzene rings is 1. The SMILES string of the molecule is Cc1ccc(C2CCCCN2CCC(=O)C2CCCCC2)cc1. The van der Waals surface area contributed by atoms with E-state index in [0.29, 0.717) is 17.7 Å². The van der Waals surface area contributed by atoms with E-state index < -0.39 is 0 Å². The lowest BCUT2D eigenvalue weighted by atomic mass is 9.85. The molecule has 0 radical (unpaired) electrons. The number of ketones is 1. The maximum Gasteiger partial charge on any atom is 0.137 e. The first-order valence-electron chi connectivity index (χ1n) is 9.57. The Morgan fingerprint density at radius 1 is 1.00 bits per heavy atom. The lowest BCUT2D eigenvalue weighted by molar-refractivity contribution is -0.124. The number of carbonyl (C=O) groups excluding carboxylic acids is 1. The number of Topliss-reactive ketones (excluding diaryl/α,β-unsaturated/α-hetero) is 1. The molecule has 0 amide bonds. The van der Waals surface area contributed by atoms with Gasteiger partial charge in [-0.1, -0.05) is 55.5 Å². The number of hydrogen-bond acceptors (Lipinski definition) is 2. The van der Waals surface area contributed by atoms with Crippen molar-refractivity contribution in [1.82, 2.24) is 4.90 Å². The number of nitrogens with zero attached hydrogens (tertiary/aromatic N) is 1. The fourth-order valence-electron chi connectivity index (χ4n) is 4.31. The summed E-state index contributed by atoms with van der Waals surface area (Å²) >= 11 is 0.